The fourth-order valence-corrected chi connectivity index (χ4v) is 2.62. The van der Waals surface area contributed by atoms with Gasteiger partial charge in [-0.15, -0.1) is 0 Å². The predicted molar refractivity (Wildman–Crippen MR) is 70.3 cm³/mol. The summed E-state index contributed by atoms with van der Waals surface area (Å²) in [5, 5.41) is 3.31. The van der Waals surface area contributed by atoms with Gasteiger partial charge in [-0.2, -0.15) is 0 Å². The van der Waals surface area contributed by atoms with Gasteiger partial charge in [0.1, 0.15) is 5.82 Å². The van der Waals surface area contributed by atoms with Crippen LogP contribution in [-0.4, -0.2) is 23.6 Å². The number of nitrogens with one attached hydrogen (secondary N) is 2. The monoisotopic (exact) mass is 229 g/mol. The van der Waals surface area contributed by atoms with Gasteiger partial charge in [0.15, 0.2) is 0 Å². The van der Waals surface area contributed by atoms with E-state index in [2.05, 4.69) is 40.4 Å². The number of nitrogens with zero attached hydrogens (tertiary/aromatic N) is 1. The number of H-pyrrole nitrogens is 1. The molecule has 3 rings (SSSR count). The van der Waals surface area contributed by atoms with Crippen molar-refractivity contribution >= 4 is 11.0 Å². The van der Waals surface area contributed by atoms with E-state index in [1.54, 1.807) is 0 Å². The van der Waals surface area contributed by atoms with Gasteiger partial charge in [0.05, 0.1) is 11.0 Å². The summed E-state index contributed by atoms with van der Waals surface area (Å²) < 4.78 is 0. The highest BCUT2D eigenvalue weighted by Crippen LogP contribution is 2.47. The summed E-state index contributed by atoms with van der Waals surface area (Å²) in [7, 11) is 2.03. The van der Waals surface area contributed by atoms with E-state index >= 15 is 0 Å². The maximum atomic E-state index is 4.55. The number of aromatic nitrogens is 2. The molecule has 1 aromatic carbocycles. The minimum absolute atomic E-state index is 0.389. The zero-order valence-electron chi connectivity index (χ0n) is 10.5. The lowest BCUT2D eigenvalue weighted by Gasteiger charge is -2.14. The molecule has 1 fully saturated rings. The largest absolute Gasteiger partial charge is 0.342 e. The van der Waals surface area contributed by atoms with Crippen LogP contribution in [0, 0.1) is 0 Å². The summed E-state index contributed by atoms with van der Waals surface area (Å²) >= 11 is 0. The normalized spacial score (nSPS) is 17.5. The van der Waals surface area contributed by atoms with Crippen LogP contribution in [0.2, 0.25) is 0 Å². The lowest BCUT2D eigenvalue weighted by atomic mass is 9.95. The Kier molecular flexibility index (Phi) is 2.44. The third-order valence-electron chi connectivity index (χ3n) is 3.85. The number of hydrogen-bond donors (Lipinski definition) is 2. The molecule has 1 aromatic heterocycles. The van der Waals surface area contributed by atoms with Gasteiger partial charge in [-0.1, -0.05) is 13.0 Å². The maximum absolute atomic E-state index is 4.55. The molecule has 1 heterocycles. The lowest BCUT2D eigenvalue weighted by molar-refractivity contribution is 0.625. The van der Waals surface area contributed by atoms with E-state index in [0.717, 1.165) is 24.3 Å². The first-order chi connectivity index (χ1) is 8.27. The zero-order chi connectivity index (χ0) is 11.9. The summed E-state index contributed by atoms with van der Waals surface area (Å²) in [4.78, 5) is 7.95. The van der Waals surface area contributed by atoms with Gasteiger partial charge in [0.25, 0.3) is 0 Å². The van der Waals surface area contributed by atoms with Crippen LogP contribution in [0.25, 0.3) is 11.0 Å². The molecule has 1 aliphatic carbocycles. The van der Waals surface area contributed by atoms with Gasteiger partial charge in [-0.3, -0.25) is 0 Å². The molecule has 3 heteroatoms. The molecule has 2 N–H and O–H groups in total. The summed E-state index contributed by atoms with van der Waals surface area (Å²) in [5.74, 6) is 1.08. The van der Waals surface area contributed by atoms with Crippen molar-refractivity contribution in [3.63, 3.8) is 0 Å². The quantitative estimate of drug-likeness (QED) is 0.845. The Morgan fingerprint density at radius 2 is 2.24 bits per heavy atom. The van der Waals surface area contributed by atoms with E-state index < -0.39 is 0 Å². The fourth-order valence-electron chi connectivity index (χ4n) is 2.62. The molecule has 0 unspecified atom stereocenters. The molecular weight excluding hydrogens is 210 g/mol. The summed E-state index contributed by atoms with van der Waals surface area (Å²) in [6, 6.07) is 6.68. The smallest absolute Gasteiger partial charge is 0.106 e. The molecule has 0 radical (unpaired) electrons. The summed E-state index contributed by atoms with van der Waals surface area (Å²) in [6.07, 6.45) is 3.56. The van der Waals surface area contributed by atoms with Gasteiger partial charge >= 0.3 is 0 Å². The number of rotatable bonds is 4. The number of hydrogen-bond acceptors (Lipinski definition) is 2. The first-order valence-electron chi connectivity index (χ1n) is 6.41. The van der Waals surface area contributed by atoms with Crippen LogP contribution in [0.5, 0.6) is 0 Å². The summed E-state index contributed by atoms with van der Waals surface area (Å²) in [5.41, 5.74) is 4.11. The van der Waals surface area contributed by atoms with Crippen molar-refractivity contribution in [2.75, 3.05) is 13.6 Å². The van der Waals surface area contributed by atoms with Crippen LogP contribution in [-0.2, 0) is 11.8 Å². The van der Waals surface area contributed by atoms with Crippen LogP contribution in [0.3, 0.4) is 0 Å². The standard InChI is InChI=1S/C14H19N3/c1-3-13-16-11-5-4-10(8-12(11)17-13)14(6-7-14)9-15-2/h4-5,8,15H,3,6-7,9H2,1-2H3,(H,16,17). The topological polar surface area (TPSA) is 40.7 Å². The Balaban J connectivity index is 2.01. The molecule has 0 spiro atoms. The Morgan fingerprint density at radius 1 is 1.41 bits per heavy atom. The SMILES string of the molecule is CCc1nc2ccc(C3(CNC)CC3)cc2[nH]1. The molecule has 0 aliphatic heterocycles. The van der Waals surface area contributed by atoms with Gasteiger partial charge in [-0.25, -0.2) is 4.98 Å². The van der Waals surface area contributed by atoms with Gasteiger partial charge in [0, 0.05) is 18.4 Å². The fraction of sp³-hybridized carbons (Fsp3) is 0.500. The molecule has 0 atom stereocenters. The molecule has 3 nitrogen and oxygen atoms in total. The number of imidazole rings is 1. The first kappa shape index (κ1) is 10.8. The van der Waals surface area contributed by atoms with E-state index in [4.69, 9.17) is 0 Å². The third kappa shape index (κ3) is 1.75. The molecule has 0 saturated heterocycles. The number of fused-ring (bicyclic) bond motifs is 1. The number of aryl methyl sites for hydroxylation is 1. The van der Waals surface area contributed by atoms with Crippen LogP contribution in [0.1, 0.15) is 31.2 Å². The second kappa shape index (κ2) is 3.84. The zero-order valence-corrected chi connectivity index (χ0v) is 10.5. The minimum atomic E-state index is 0.389. The molecular formula is C14H19N3. The van der Waals surface area contributed by atoms with Crippen molar-refractivity contribution in [3.05, 3.63) is 29.6 Å². The molecule has 17 heavy (non-hydrogen) atoms. The van der Waals surface area contributed by atoms with E-state index in [-0.39, 0.29) is 0 Å². The second-order valence-corrected chi connectivity index (χ2v) is 5.08. The molecule has 90 valence electrons. The second-order valence-electron chi connectivity index (χ2n) is 5.08. The number of benzene rings is 1. The first-order valence-corrected chi connectivity index (χ1v) is 6.41. The van der Waals surface area contributed by atoms with Crippen molar-refractivity contribution in [3.8, 4) is 0 Å². The minimum Gasteiger partial charge on any atom is -0.342 e. The number of likely N-dealkylation sites (N-methyl/N-ethyl adjacent to an activating group) is 1. The van der Waals surface area contributed by atoms with Gasteiger partial charge in [-0.05, 0) is 37.6 Å². The molecule has 0 amide bonds. The van der Waals surface area contributed by atoms with E-state index in [1.165, 1.54) is 23.9 Å². The lowest BCUT2D eigenvalue weighted by Crippen LogP contribution is -2.23. The highest BCUT2D eigenvalue weighted by Gasteiger charge is 2.43. The molecule has 2 aromatic rings. The molecule has 1 aliphatic rings. The average molecular weight is 229 g/mol. The van der Waals surface area contributed by atoms with Crippen molar-refractivity contribution in [1.29, 1.82) is 0 Å². The maximum Gasteiger partial charge on any atom is 0.106 e. The molecule has 0 bridgehead atoms. The highest BCUT2D eigenvalue weighted by molar-refractivity contribution is 5.76. The predicted octanol–water partition coefficient (Wildman–Crippen LogP) is 2.38. The average Bonchev–Trinajstić information content (AvgIpc) is 3.01. The molecule has 1 saturated carbocycles. The summed E-state index contributed by atoms with van der Waals surface area (Å²) in [6.45, 7) is 3.20. The van der Waals surface area contributed by atoms with Crippen LogP contribution in [0.15, 0.2) is 18.2 Å². The van der Waals surface area contributed by atoms with E-state index in [1.807, 2.05) is 7.05 Å². The highest BCUT2D eigenvalue weighted by atomic mass is 14.9. The number of aromatic amines is 1. The van der Waals surface area contributed by atoms with E-state index in [9.17, 15) is 0 Å². The van der Waals surface area contributed by atoms with Crippen molar-refractivity contribution in [2.45, 2.75) is 31.6 Å². The van der Waals surface area contributed by atoms with Crippen molar-refractivity contribution in [1.82, 2.24) is 15.3 Å². The van der Waals surface area contributed by atoms with Crippen molar-refractivity contribution < 1.29 is 0 Å². The van der Waals surface area contributed by atoms with Crippen LogP contribution >= 0.6 is 0 Å². The van der Waals surface area contributed by atoms with Gasteiger partial charge < -0.3 is 10.3 Å². The van der Waals surface area contributed by atoms with E-state index in [0.29, 0.717) is 5.41 Å². The Morgan fingerprint density at radius 3 is 2.88 bits per heavy atom. The third-order valence-corrected chi connectivity index (χ3v) is 3.85. The Labute approximate surface area is 102 Å². The Hall–Kier alpha value is -1.35. The van der Waals surface area contributed by atoms with Crippen molar-refractivity contribution in [2.24, 2.45) is 0 Å². The van der Waals surface area contributed by atoms with Crippen LogP contribution < -0.4 is 5.32 Å². The van der Waals surface area contributed by atoms with Gasteiger partial charge in [0.2, 0.25) is 0 Å². The van der Waals surface area contributed by atoms with Crippen LogP contribution in [0.4, 0.5) is 0 Å². The Bertz CT molecular complexity index is 537.